The summed E-state index contributed by atoms with van der Waals surface area (Å²) in [5.74, 6) is 0.636. The van der Waals surface area contributed by atoms with Gasteiger partial charge in [0.1, 0.15) is 0 Å². The summed E-state index contributed by atoms with van der Waals surface area (Å²) in [5.41, 5.74) is 23.1. The van der Waals surface area contributed by atoms with E-state index in [9.17, 15) is 0 Å². The minimum Gasteiger partial charge on any atom is -0.309 e. The lowest BCUT2D eigenvalue weighted by molar-refractivity contribution is 1.02. The van der Waals surface area contributed by atoms with E-state index in [1.807, 2.05) is 34.0 Å². The van der Waals surface area contributed by atoms with Gasteiger partial charge in [0.15, 0.2) is 5.82 Å². The van der Waals surface area contributed by atoms with Crippen LogP contribution < -0.4 is 0 Å². The summed E-state index contributed by atoms with van der Waals surface area (Å²) in [6.45, 7) is 0. The second-order valence-electron chi connectivity index (χ2n) is 27.1. The summed E-state index contributed by atoms with van der Waals surface area (Å²) in [4.78, 5) is 12.8. The van der Waals surface area contributed by atoms with Crippen molar-refractivity contribution in [3.05, 3.63) is 326 Å². The van der Waals surface area contributed by atoms with E-state index in [0.29, 0.717) is 5.82 Å². The second-order valence-corrected chi connectivity index (χ2v) is 30.4. The summed E-state index contributed by atoms with van der Waals surface area (Å²) in [6.07, 6.45) is 6.86. The van der Waals surface area contributed by atoms with Crippen LogP contribution in [-0.2, 0) is 6.42 Å². The molecule has 21 aromatic rings. The molecule has 1 aliphatic carbocycles. The Morgan fingerprint density at radius 2 is 0.598 bits per heavy atom. The normalized spacial score (nSPS) is 12.6. The van der Waals surface area contributed by atoms with Crippen LogP contribution in [0.5, 0.6) is 0 Å². The minimum absolute atomic E-state index is 0.636. The van der Waals surface area contributed by atoms with Gasteiger partial charge in [-0.25, -0.2) is 9.97 Å². The summed E-state index contributed by atoms with van der Waals surface area (Å²) >= 11 is 5.67. The van der Waals surface area contributed by atoms with E-state index in [4.69, 9.17) is 9.97 Å². The summed E-state index contributed by atoms with van der Waals surface area (Å²) in [6, 6.07) is 115. The van der Waals surface area contributed by atoms with Gasteiger partial charge in [-0.2, -0.15) is 0 Å². The molecule has 0 saturated heterocycles. The Morgan fingerprint density at radius 3 is 1.06 bits per heavy atom. The number of aryl methyl sites for hydroxylation is 1. The highest BCUT2D eigenvalue weighted by Gasteiger charge is 2.22. The lowest BCUT2D eigenvalue weighted by atomic mass is 9.99. The van der Waals surface area contributed by atoms with Crippen molar-refractivity contribution in [3.8, 4) is 84.3 Å². The molecule has 5 nitrogen and oxygen atoms in total. The molecule has 0 spiro atoms. The van der Waals surface area contributed by atoms with Gasteiger partial charge in [0, 0.05) is 116 Å². The number of rotatable bonds is 9. The number of hydrogen-bond acceptors (Lipinski definition) is 5. The largest absolute Gasteiger partial charge is 0.309 e. The summed E-state index contributed by atoms with van der Waals surface area (Å²) < 4.78 is 13.9. The molecule has 0 amide bonds. The molecule has 102 heavy (non-hydrogen) atoms. The molecule has 7 aromatic heterocycles. The maximum atomic E-state index is 5.68. The molecule has 22 rings (SSSR count). The van der Waals surface area contributed by atoms with Crippen LogP contribution in [0.15, 0.2) is 315 Å². The van der Waals surface area contributed by atoms with E-state index >= 15 is 0 Å². The zero-order valence-corrected chi connectivity index (χ0v) is 57.4. The quantitative estimate of drug-likeness (QED) is 0.144. The van der Waals surface area contributed by atoms with Crippen molar-refractivity contribution in [2.24, 2.45) is 0 Å². The van der Waals surface area contributed by atoms with Crippen LogP contribution in [0.25, 0.3) is 206 Å². The molecule has 0 fully saturated rings. The van der Waals surface area contributed by atoms with Crippen molar-refractivity contribution < 1.29 is 0 Å². The Kier molecular flexibility index (Phi) is 12.8. The Labute approximate surface area is 598 Å². The first-order chi connectivity index (χ1) is 50.5. The molecular formula is C94H57N5S3. The average Bonchev–Trinajstić information content (AvgIpc) is 1.57. The van der Waals surface area contributed by atoms with Crippen LogP contribution in [0, 0.1) is 0 Å². The highest BCUT2D eigenvalue weighted by Crippen LogP contribution is 2.45. The zero-order chi connectivity index (χ0) is 66.7. The predicted octanol–water partition coefficient (Wildman–Crippen LogP) is 26.7. The van der Waals surface area contributed by atoms with Gasteiger partial charge >= 0.3 is 0 Å². The van der Waals surface area contributed by atoms with Gasteiger partial charge in [-0.3, -0.25) is 0 Å². The predicted molar refractivity (Wildman–Crippen MR) is 436 cm³/mol. The molecule has 1 aliphatic rings. The lowest BCUT2D eigenvalue weighted by Crippen LogP contribution is -2.00. The standard InChI is InChI=1S/C94H57N5S3/c1-7-28-82-68(22-1)71-40-34-56(59-37-43-77-74-25-4-10-31-88(74)100-91(77)52-59)49-85(71)97(82)65-19-13-16-62(46-65)80-55-81(63-17-14-20-66(47-63)98-83-29-8-2-23-69(83)72-41-35-57(50-86(72)98)60-38-44-78-75-26-5-11-32-89(75)101-92(78)53-60)96-94(95-80)64-18-15-21-67(48-64)99-84-30-9-3-24-70(84)73-42-36-58(51-87(73)99)61-39-45-79-76-27-6-12-33-90(76)102-93(79)54-61/h1-10,12-31,33-55H,11,32H2. The fourth-order valence-electron chi connectivity index (χ4n) is 16.5. The van der Waals surface area contributed by atoms with E-state index in [-0.39, 0.29) is 0 Å². The third-order valence-electron chi connectivity index (χ3n) is 21.3. The molecule has 0 bridgehead atoms. The number of hydrogen-bond donors (Lipinski definition) is 0. The van der Waals surface area contributed by atoms with E-state index in [2.05, 4.69) is 335 Å². The van der Waals surface area contributed by atoms with E-state index < -0.39 is 0 Å². The monoisotopic (exact) mass is 1350 g/mol. The van der Waals surface area contributed by atoms with Crippen LogP contribution in [0.3, 0.4) is 0 Å². The van der Waals surface area contributed by atoms with Crippen molar-refractivity contribution >= 4 is 156 Å². The third-order valence-corrected chi connectivity index (χ3v) is 24.8. The Morgan fingerprint density at radius 1 is 0.245 bits per heavy atom. The smallest absolute Gasteiger partial charge is 0.160 e. The number of nitrogens with zero attached hydrogens (tertiary/aromatic N) is 5. The highest BCUT2D eigenvalue weighted by molar-refractivity contribution is 7.26. The number of thiophene rings is 3. The van der Waals surface area contributed by atoms with Crippen LogP contribution in [0.4, 0.5) is 0 Å². The van der Waals surface area contributed by atoms with Gasteiger partial charge in [0.05, 0.1) is 44.5 Å². The molecule has 7 heterocycles. The third kappa shape index (κ3) is 9.06. The molecule has 0 unspecified atom stereocenters. The van der Waals surface area contributed by atoms with Crippen LogP contribution in [-0.4, -0.2) is 23.7 Å². The van der Waals surface area contributed by atoms with Crippen LogP contribution >= 0.6 is 34.0 Å². The minimum atomic E-state index is 0.636. The van der Waals surface area contributed by atoms with E-state index in [1.165, 1.54) is 127 Å². The van der Waals surface area contributed by atoms with Gasteiger partial charge in [-0.05, 0) is 166 Å². The molecule has 14 aromatic carbocycles. The lowest BCUT2D eigenvalue weighted by Gasteiger charge is -2.14. The maximum absolute atomic E-state index is 5.68. The Balaban J connectivity index is 0.707. The van der Waals surface area contributed by atoms with Crippen LogP contribution in [0.1, 0.15) is 16.9 Å². The first kappa shape index (κ1) is 57.6. The zero-order valence-electron chi connectivity index (χ0n) is 55.0. The summed E-state index contributed by atoms with van der Waals surface area (Å²) in [5, 5.41) is 13.8. The van der Waals surface area contributed by atoms with Crippen molar-refractivity contribution in [2.45, 2.75) is 12.8 Å². The van der Waals surface area contributed by atoms with Crippen molar-refractivity contribution in [3.63, 3.8) is 0 Å². The topological polar surface area (TPSA) is 40.6 Å². The number of fused-ring (bicyclic) bond motifs is 18. The highest BCUT2D eigenvalue weighted by atomic mass is 32.1. The van der Waals surface area contributed by atoms with Gasteiger partial charge in [-0.15, -0.1) is 34.0 Å². The van der Waals surface area contributed by atoms with Gasteiger partial charge in [-0.1, -0.05) is 212 Å². The fourth-order valence-corrected chi connectivity index (χ4v) is 20.0. The van der Waals surface area contributed by atoms with Crippen LogP contribution in [0.2, 0.25) is 0 Å². The molecule has 0 saturated carbocycles. The molecular weight excluding hydrogens is 1300 g/mol. The molecule has 0 radical (unpaired) electrons. The van der Waals surface area contributed by atoms with Crippen molar-refractivity contribution in [1.29, 1.82) is 0 Å². The molecule has 0 atom stereocenters. The van der Waals surface area contributed by atoms with Gasteiger partial charge in [0.2, 0.25) is 0 Å². The van der Waals surface area contributed by atoms with E-state index in [1.54, 1.807) is 0 Å². The molecule has 0 aliphatic heterocycles. The van der Waals surface area contributed by atoms with E-state index in [0.717, 1.165) is 91.1 Å². The summed E-state index contributed by atoms with van der Waals surface area (Å²) in [7, 11) is 0. The first-order valence-electron chi connectivity index (χ1n) is 34.9. The maximum Gasteiger partial charge on any atom is 0.160 e. The van der Waals surface area contributed by atoms with Gasteiger partial charge in [0.25, 0.3) is 0 Å². The van der Waals surface area contributed by atoms with Gasteiger partial charge < -0.3 is 13.7 Å². The Hall–Kier alpha value is -12.3. The number of aromatic nitrogens is 5. The number of para-hydroxylation sites is 3. The number of allylic oxidation sites excluding steroid dienone is 1. The molecule has 0 N–H and O–H groups in total. The fraction of sp³-hybridized carbons (Fsp3) is 0.0213. The van der Waals surface area contributed by atoms with Crippen molar-refractivity contribution in [2.75, 3.05) is 0 Å². The Bertz CT molecular complexity index is 6870. The first-order valence-corrected chi connectivity index (χ1v) is 37.3. The van der Waals surface area contributed by atoms with Crippen molar-refractivity contribution in [1.82, 2.24) is 23.7 Å². The second kappa shape index (κ2) is 22.6. The molecule has 476 valence electrons. The number of benzene rings is 14. The average molecular weight is 1350 g/mol. The SMILES string of the molecule is C1=Cc2c(sc3cc(-c4ccc5c6ccccc6n(-c6cccc(-c7cc(-c8cccc(-n9c%10ccccc%10c%10ccc(-c%11ccc%12c(c%11)sc%11ccccc%11%12)cc%109)c8)nc(-c8cccc(-n9c%10ccccc%10c%10ccc(-c%11ccc%12c(c%11)sc%11ccccc%11%12)cc%109)c8)n7)c6)c5c4)ccc23)CC1. The molecule has 8 heteroatoms.